The van der Waals surface area contributed by atoms with Crippen molar-refractivity contribution >= 4 is 25.7 Å². The molecule has 0 aliphatic rings. The van der Waals surface area contributed by atoms with E-state index in [1.807, 2.05) is 12.2 Å². The zero-order chi connectivity index (χ0) is 52.7. The first-order valence-corrected chi connectivity index (χ1v) is 30.3. The second-order valence-corrected chi connectivity index (χ2v) is 20.5. The number of ether oxygens (including phenoxy) is 3. The average molecular weight is 1030 g/mol. The number of carbonyl (C=O) groups is 3. The van der Waals surface area contributed by atoms with Crippen molar-refractivity contribution in [1.82, 2.24) is 0 Å². The molecule has 12 heteroatoms. The summed E-state index contributed by atoms with van der Waals surface area (Å²) >= 11 is 0. The molecule has 0 bridgehead atoms. The minimum atomic E-state index is -4.77. The predicted octanol–water partition coefficient (Wildman–Crippen LogP) is 16.9. The lowest BCUT2D eigenvalue weighted by Crippen LogP contribution is -2.30. The molecule has 0 aliphatic carbocycles. The van der Waals surface area contributed by atoms with Gasteiger partial charge in [-0.15, -0.1) is 0 Å². The molecular formula is C60H105O11P. The van der Waals surface area contributed by atoms with Crippen molar-refractivity contribution in [2.75, 3.05) is 26.4 Å². The number of hydrogen-bond acceptors (Lipinski definition) is 10. The first kappa shape index (κ1) is 68.9. The summed E-state index contributed by atoms with van der Waals surface area (Å²) in [6, 6.07) is 0. The normalized spacial score (nSPS) is 13.9. The molecule has 0 heterocycles. The Morgan fingerprint density at radius 2 is 0.778 bits per heavy atom. The van der Waals surface area contributed by atoms with E-state index in [-0.39, 0.29) is 25.9 Å². The fraction of sp³-hybridized carbons (Fsp3) is 0.750. The highest BCUT2D eigenvalue weighted by atomic mass is 31.2. The summed E-state index contributed by atoms with van der Waals surface area (Å²) in [6.45, 7) is 4.42. The second-order valence-electron chi connectivity index (χ2n) is 19.1. The van der Waals surface area contributed by atoms with E-state index in [0.717, 1.165) is 64.2 Å². The Bertz CT molecular complexity index is 1490. The van der Waals surface area contributed by atoms with Crippen LogP contribution in [0.5, 0.6) is 0 Å². The lowest BCUT2D eigenvalue weighted by atomic mass is 10.1. The van der Waals surface area contributed by atoms with E-state index in [9.17, 15) is 28.9 Å². The first-order valence-electron chi connectivity index (χ1n) is 28.8. The van der Waals surface area contributed by atoms with Crippen molar-refractivity contribution in [2.24, 2.45) is 0 Å². The van der Waals surface area contributed by atoms with Gasteiger partial charge >= 0.3 is 25.7 Å². The van der Waals surface area contributed by atoms with E-state index in [0.29, 0.717) is 19.3 Å². The molecule has 0 aromatic heterocycles. The van der Waals surface area contributed by atoms with Crippen LogP contribution in [0.15, 0.2) is 72.9 Å². The number of allylic oxidation sites excluding steroid dienone is 11. The summed E-state index contributed by atoms with van der Waals surface area (Å²) in [4.78, 5) is 48.4. The molecule has 0 spiro atoms. The fourth-order valence-electron chi connectivity index (χ4n) is 7.78. The van der Waals surface area contributed by atoms with Gasteiger partial charge in [-0.1, -0.05) is 235 Å². The molecule has 0 fully saturated rings. The molecule has 11 nitrogen and oxygen atoms in total. The third-order valence-corrected chi connectivity index (χ3v) is 13.1. The van der Waals surface area contributed by atoms with Crippen molar-refractivity contribution in [3.8, 4) is 0 Å². The molecule has 0 rings (SSSR count). The molecule has 0 amide bonds. The lowest BCUT2D eigenvalue weighted by Gasteiger charge is -2.21. The van der Waals surface area contributed by atoms with E-state index in [2.05, 4.69) is 75.5 Å². The van der Waals surface area contributed by atoms with Gasteiger partial charge in [0.25, 0.3) is 0 Å². The third-order valence-electron chi connectivity index (χ3n) is 12.1. The van der Waals surface area contributed by atoms with Crippen LogP contribution in [0.1, 0.15) is 252 Å². The Morgan fingerprint density at radius 3 is 1.21 bits per heavy atom. The van der Waals surface area contributed by atoms with Gasteiger partial charge in [-0.2, -0.15) is 0 Å². The number of unbranched alkanes of at least 4 members (excludes halogenated alkanes) is 25. The minimum Gasteiger partial charge on any atom is -0.462 e. The van der Waals surface area contributed by atoms with Crippen molar-refractivity contribution in [2.45, 2.75) is 264 Å². The molecule has 3 atom stereocenters. The summed E-state index contributed by atoms with van der Waals surface area (Å²) in [5.74, 6) is -1.61. The number of aliphatic hydroxyl groups excluding tert-OH is 1. The number of phosphoric ester groups is 1. The zero-order valence-corrected chi connectivity index (χ0v) is 46.8. The molecule has 0 aromatic carbocycles. The molecule has 2 N–H and O–H groups in total. The maximum atomic E-state index is 12.9. The molecule has 0 radical (unpaired) electrons. The summed E-state index contributed by atoms with van der Waals surface area (Å²) < 4.78 is 39.3. The van der Waals surface area contributed by atoms with Crippen LogP contribution in [0.2, 0.25) is 0 Å². The van der Waals surface area contributed by atoms with E-state index in [4.69, 9.17) is 23.3 Å². The second kappa shape index (κ2) is 54.2. The van der Waals surface area contributed by atoms with E-state index >= 15 is 0 Å². The van der Waals surface area contributed by atoms with Crippen LogP contribution >= 0.6 is 7.82 Å². The van der Waals surface area contributed by atoms with Gasteiger partial charge in [-0.05, 0) is 70.6 Å². The van der Waals surface area contributed by atoms with Gasteiger partial charge in [-0.25, -0.2) is 4.57 Å². The maximum absolute atomic E-state index is 12.9. The number of aliphatic hydroxyl groups is 1. The maximum Gasteiger partial charge on any atom is 0.472 e. The third kappa shape index (κ3) is 51.8. The van der Waals surface area contributed by atoms with Crippen LogP contribution < -0.4 is 0 Å². The topological polar surface area (TPSA) is 155 Å². The van der Waals surface area contributed by atoms with Crippen LogP contribution in [0.25, 0.3) is 0 Å². The summed E-state index contributed by atoms with van der Waals surface area (Å²) in [5, 5.41) is 9.78. The van der Waals surface area contributed by atoms with E-state index < -0.39 is 57.8 Å². The highest BCUT2D eigenvalue weighted by molar-refractivity contribution is 7.47. The van der Waals surface area contributed by atoms with E-state index in [1.54, 1.807) is 6.08 Å². The van der Waals surface area contributed by atoms with Crippen molar-refractivity contribution in [3.05, 3.63) is 72.9 Å². The lowest BCUT2D eigenvalue weighted by molar-refractivity contribution is -0.160. The molecule has 0 saturated carbocycles. The zero-order valence-electron chi connectivity index (χ0n) is 45.9. The van der Waals surface area contributed by atoms with Crippen molar-refractivity contribution in [1.29, 1.82) is 0 Å². The predicted molar refractivity (Wildman–Crippen MR) is 298 cm³/mol. The Morgan fingerprint density at radius 1 is 0.417 bits per heavy atom. The molecule has 0 saturated heterocycles. The summed E-state index contributed by atoms with van der Waals surface area (Å²) in [5.41, 5.74) is 0. The number of hydrogen-bond donors (Lipinski definition) is 2. The Balaban J connectivity index is 4.79. The van der Waals surface area contributed by atoms with Gasteiger partial charge in [0, 0.05) is 12.8 Å². The van der Waals surface area contributed by atoms with E-state index in [1.165, 1.54) is 128 Å². The number of esters is 3. The fourth-order valence-corrected chi connectivity index (χ4v) is 8.56. The quantitative estimate of drug-likeness (QED) is 0.0197. The van der Waals surface area contributed by atoms with Crippen LogP contribution in [0, 0.1) is 0 Å². The Kier molecular flexibility index (Phi) is 51.9. The SMILES string of the molecule is CC/C=C\C/C=C\C/C=C\C/C=C\C/C=C\CC(=O)OC(COC(=O)CCCCCCCCCCC/C=C\CCCCCCCC)COP(=O)(O)OCC(CO)OC(=O)CCCCCCCCCCCCC. The number of phosphoric acid groups is 1. The minimum absolute atomic E-state index is 0.0648. The van der Waals surface area contributed by atoms with Gasteiger partial charge in [0.05, 0.1) is 26.2 Å². The highest BCUT2D eigenvalue weighted by Crippen LogP contribution is 2.43. The largest absolute Gasteiger partial charge is 0.472 e. The van der Waals surface area contributed by atoms with Crippen molar-refractivity contribution < 1.29 is 52.2 Å². The van der Waals surface area contributed by atoms with Gasteiger partial charge in [0.1, 0.15) is 12.7 Å². The molecule has 3 unspecified atom stereocenters. The standard InChI is InChI=1S/C60H105O11P/c1-4-7-10-13-16-19-22-24-26-27-28-29-31-32-35-37-40-43-46-49-58(62)67-53-57(71-60(64)51-48-45-42-39-36-33-30-25-23-20-17-14-11-8-5-2)55-69-72(65,66)68-54-56(52-61)70-59(63)50-47-44-41-38-34-21-18-15-12-9-6-3/h8,11,17,20,24-26,30,36,39,45,48,56-57,61H,4-7,9-10,12-16,18-19,21-23,27-29,31-35,37-38,40-44,46-47,49-55H2,1-3H3,(H,65,66)/b11-8-,20-17-,26-24-,30-25-,39-36-,48-45-. The van der Waals surface area contributed by atoms with Crippen LogP contribution in [0.4, 0.5) is 0 Å². The number of carbonyl (C=O) groups excluding carboxylic acids is 3. The smallest absolute Gasteiger partial charge is 0.462 e. The van der Waals surface area contributed by atoms with Gasteiger partial charge in [0.15, 0.2) is 6.10 Å². The molecular weight excluding hydrogens is 928 g/mol. The van der Waals surface area contributed by atoms with Gasteiger partial charge in [-0.3, -0.25) is 23.4 Å². The molecule has 72 heavy (non-hydrogen) atoms. The molecule has 416 valence electrons. The Hall–Kier alpha value is -3.08. The molecule has 0 aliphatic heterocycles. The van der Waals surface area contributed by atoms with Crippen LogP contribution in [-0.2, 0) is 42.2 Å². The average Bonchev–Trinajstić information content (AvgIpc) is 3.37. The van der Waals surface area contributed by atoms with Crippen LogP contribution in [0.3, 0.4) is 0 Å². The Labute approximate surface area is 439 Å². The monoisotopic (exact) mass is 1030 g/mol. The molecule has 0 aromatic rings. The number of rotatable bonds is 53. The summed E-state index contributed by atoms with van der Waals surface area (Å²) in [6.07, 6.45) is 60.4. The van der Waals surface area contributed by atoms with Crippen molar-refractivity contribution in [3.63, 3.8) is 0 Å². The van der Waals surface area contributed by atoms with Gasteiger partial charge < -0.3 is 24.2 Å². The summed E-state index contributed by atoms with van der Waals surface area (Å²) in [7, 11) is -4.77. The van der Waals surface area contributed by atoms with Crippen LogP contribution in [-0.4, -0.2) is 66.5 Å². The van der Waals surface area contributed by atoms with Gasteiger partial charge in [0.2, 0.25) is 0 Å². The highest BCUT2D eigenvalue weighted by Gasteiger charge is 2.28. The first-order chi connectivity index (χ1) is 35.2.